The van der Waals surface area contributed by atoms with Crippen molar-refractivity contribution in [2.24, 2.45) is 0 Å². The topological polar surface area (TPSA) is 34.2 Å². The van der Waals surface area contributed by atoms with E-state index in [0.29, 0.717) is 17.9 Å². The van der Waals surface area contributed by atoms with Crippen molar-refractivity contribution >= 4 is 0 Å². The summed E-state index contributed by atoms with van der Waals surface area (Å²) < 4.78 is 18.9. The van der Waals surface area contributed by atoms with Crippen LogP contribution in [0, 0.1) is 5.95 Å². The van der Waals surface area contributed by atoms with Gasteiger partial charge in [0.15, 0.2) is 0 Å². The second-order valence-electron chi connectivity index (χ2n) is 3.36. The minimum Gasteiger partial charge on any atom is -0.489 e. The normalized spacial score (nSPS) is 20.9. The predicted octanol–water partition coefficient (Wildman–Crippen LogP) is 1.48. The summed E-state index contributed by atoms with van der Waals surface area (Å²) in [7, 11) is 0. The smallest absolute Gasteiger partial charge is 0.221 e. The monoisotopic (exact) mass is 196 g/mol. The van der Waals surface area contributed by atoms with Gasteiger partial charge in [-0.25, -0.2) is 4.98 Å². The molecular formula is C10H13FN2O. The third-order valence-corrected chi connectivity index (χ3v) is 2.38. The SMILES string of the molecule is CCC1CNCc2c(ccnc2F)O1. The molecule has 0 aromatic carbocycles. The Kier molecular flexibility index (Phi) is 2.63. The fraction of sp³-hybridized carbons (Fsp3) is 0.500. The minimum atomic E-state index is -0.438. The Morgan fingerprint density at radius 1 is 1.71 bits per heavy atom. The number of aromatic nitrogens is 1. The van der Waals surface area contributed by atoms with Crippen molar-refractivity contribution in [2.75, 3.05) is 6.54 Å². The molecule has 2 heterocycles. The van der Waals surface area contributed by atoms with Crippen molar-refractivity contribution in [1.29, 1.82) is 0 Å². The van der Waals surface area contributed by atoms with Gasteiger partial charge >= 0.3 is 0 Å². The molecule has 4 heteroatoms. The van der Waals surface area contributed by atoms with Crippen LogP contribution in [0.3, 0.4) is 0 Å². The minimum absolute atomic E-state index is 0.123. The summed E-state index contributed by atoms with van der Waals surface area (Å²) in [6.07, 6.45) is 2.47. The molecule has 2 rings (SSSR count). The molecule has 0 aliphatic carbocycles. The number of nitrogens with zero attached hydrogens (tertiary/aromatic N) is 1. The summed E-state index contributed by atoms with van der Waals surface area (Å²) in [5, 5.41) is 3.14. The Morgan fingerprint density at radius 3 is 3.36 bits per heavy atom. The molecule has 1 aromatic heterocycles. The number of hydrogen-bond acceptors (Lipinski definition) is 3. The van der Waals surface area contributed by atoms with Crippen molar-refractivity contribution < 1.29 is 9.13 Å². The van der Waals surface area contributed by atoms with E-state index in [-0.39, 0.29) is 6.10 Å². The second-order valence-corrected chi connectivity index (χ2v) is 3.36. The molecule has 0 saturated carbocycles. The molecule has 1 aliphatic rings. The summed E-state index contributed by atoms with van der Waals surface area (Å²) in [5.74, 6) is 0.182. The fourth-order valence-electron chi connectivity index (χ4n) is 1.53. The Morgan fingerprint density at radius 2 is 2.57 bits per heavy atom. The molecule has 3 nitrogen and oxygen atoms in total. The third-order valence-electron chi connectivity index (χ3n) is 2.38. The molecule has 76 valence electrons. The number of hydrogen-bond donors (Lipinski definition) is 1. The van der Waals surface area contributed by atoms with Crippen LogP contribution in [0.25, 0.3) is 0 Å². The number of rotatable bonds is 1. The van der Waals surface area contributed by atoms with Crippen LogP contribution in [-0.4, -0.2) is 17.6 Å². The van der Waals surface area contributed by atoms with Gasteiger partial charge in [-0.3, -0.25) is 0 Å². The summed E-state index contributed by atoms with van der Waals surface area (Å²) in [6, 6.07) is 1.72. The lowest BCUT2D eigenvalue weighted by Crippen LogP contribution is -2.27. The molecule has 0 radical (unpaired) electrons. The van der Waals surface area contributed by atoms with Gasteiger partial charge in [0.05, 0.1) is 5.56 Å². The van der Waals surface area contributed by atoms with Crippen LogP contribution in [0.4, 0.5) is 4.39 Å². The van der Waals surface area contributed by atoms with E-state index in [1.54, 1.807) is 6.07 Å². The Hall–Kier alpha value is -1.16. The number of ether oxygens (including phenoxy) is 1. The van der Waals surface area contributed by atoms with E-state index in [0.717, 1.165) is 13.0 Å². The number of nitrogens with one attached hydrogen (secondary N) is 1. The van der Waals surface area contributed by atoms with Crippen molar-refractivity contribution in [1.82, 2.24) is 10.3 Å². The van der Waals surface area contributed by atoms with Gasteiger partial charge in [-0.15, -0.1) is 0 Å². The van der Waals surface area contributed by atoms with Crippen LogP contribution in [-0.2, 0) is 6.54 Å². The van der Waals surface area contributed by atoms with Gasteiger partial charge in [-0.05, 0) is 12.5 Å². The molecule has 14 heavy (non-hydrogen) atoms. The summed E-state index contributed by atoms with van der Waals surface area (Å²) in [4.78, 5) is 3.60. The Bertz CT molecular complexity index is 330. The Labute approximate surface area is 82.3 Å². The van der Waals surface area contributed by atoms with E-state index < -0.39 is 5.95 Å². The molecule has 0 bridgehead atoms. The van der Waals surface area contributed by atoms with Crippen molar-refractivity contribution in [3.05, 3.63) is 23.8 Å². The molecule has 1 aliphatic heterocycles. The van der Waals surface area contributed by atoms with E-state index in [2.05, 4.69) is 17.2 Å². The average Bonchev–Trinajstić information content (AvgIpc) is 2.40. The van der Waals surface area contributed by atoms with Crippen LogP contribution < -0.4 is 10.1 Å². The molecule has 1 aromatic rings. The van der Waals surface area contributed by atoms with Crippen molar-refractivity contribution in [2.45, 2.75) is 26.0 Å². The number of fused-ring (bicyclic) bond motifs is 1. The van der Waals surface area contributed by atoms with Gasteiger partial charge < -0.3 is 10.1 Å². The van der Waals surface area contributed by atoms with E-state index >= 15 is 0 Å². The highest BCUT2D eigenvalue weighted by Gasteiger charge is 2.18. The summed E-state index contributed by atoms with van der Waals surface area (Å²) in [6.45, 7) is 3.30. The lowest BCUT2D eigenvalue weighted by molar-refractivity contribution is 0.201. The van der Waals surface area contributed by atoms with Crippen LogP contribution in [0.2, 0.25) is 0 Å². The van der Waals surface area contributed by atoms with E-state index in [1.807, 2.05) is 0 Å². The van der Waals surface area contributed by atoms with Crippen molar-refractivity contribution in [3.63, 3.8) is 0 Å². The summed E-state index contributed by atoms with van der Waals surface area (Å²) >= 11 is 0. The van der Waals surface area contributed by atoms with Gasteiger partial charge in [0, 0.05) is 19.3 Å². The molecule has 0 amide bonds. The van der Waals surface area contributed by atoms with Gasteiger partial charge in [0.2, 0.25) is 5.95 Å². The highest BCUT2D eigenvalue weighted by Crippen LogP contribution is 2.23. The largest absolute Gasteiger partial charge is 0.489 e. The molecular weight excluding hydrogens is 183 g/mol. The molecule has 0 fully saturated rings. The van der Waals surface area contributed by atoms with Gasteiger partial charge in [-0.2, -0.15) is 4.39 Å². The van der Waals surface area contributed by atoms with Crippen molar-refractivity contribution in [3.8, 4) is 5.75 Å². The number of halogens is 1. The average molecular weight is 196 g/mol. The zero-order chi connectivity index (χ0) is 9.97. The maximum absolute atomic E-state index is 13.3. The molecule has 0 saturated heterocycles. The van der Waals surface area contributed by atoms with Crippen LogP contribution in [0.1, 0.15) is 18.9 Å². The van der Waals surface area contributed by atoms with Crippen LogP contribution >= 0.6 is 0 Å². The lowest BCUT2D eigenvalue weighted by atomic mass is 10.2. The summed E-state index contributed by atoms with van der Waals surface area (Å²) in [5.41, 5.74) is 0.531. The maximum Gasteiger partial charge on any atom is 0.221 e. The Balaban J connectivity index is 2.32. The first-order valence-corrected chi connectivity index (χ1v) is 4.82. The maximum atomic E-state index is 13.3. The lowest BCUT2D eigenvalue weighted by Gasteiger charge is -2.14. The first-order valence-electron chi connectivity index (χ1n) is 4.82. The first kappa shape index (κ1) is 9.40. The number of pyridine rings is 1. The zero-order valence-electron chi connectivity index (χ0n) is 8.09. The molecule has 0 spiro atoms. The highest BCUT2D eigenvalue weighted by molar-refractivity contribution is 5.32. The van der Waals surface area contributed by atoms with E-state index in [4.69, 9.17) is 4.74 Å². The molecule has 1 N–H and O–H groups in total. The fourth-order valence-corrected chi connectivity index (χ4v) is 1.53. The first-order chi connectivity index (χ1) is 6.81. The highest BCUT2D eigenvalue weighted by atomic mass is 19.1. The third kappa shape index (κ3) is 1.70. The predicted molar refractivity (Wildman–Crippen MR) is 50.6 cm³/mol. The molecule has 1 atom stereocenters. The van der Waals surface area contributed by atoms with Gasteiger partial charge in [0.25, 0.3) is 0 Å². The second kappa shape index (κ2) is 3.92. The quantitative estimate of drug-likeness (QED) is 0.691. The van der Waals surface area contributed by atoms with E-state index in [1.165, 1.54) is 6.20 Å². The van der Waals surface area contributed by atoms with Crippen LogP contribution in [0.15, 0.2) is 12.3 Å². The molecule has 1 unspecified atom stereocenters. The van der Waals surface area contributed by atoms with Gasteiger partial charge in [-0.1, -0.05) is 6.92 Å². The van der Waals surface area contributed by atoms with Crippen LogP contribution in [0.5, 0.6) is 5.75 Å². The van der Waals surface area contributed by atoms with E-state index in [9.17, 15) is 4.39 Å². The van der Waals surface area contributed by atoms with Gasteiger partial charge in [0.1, 0.15) is 11.9 Å². The zero-order valence-corrected chi connectivity index (χ0v) is 8.09. The standard InChI is InChI=1S/C10H13FN2O/c1-2-7-5-12-6-8-9(14-7)3-4-13-10(8)11/h3-4,7,12H,2,5-6H2,1H3.